The molecule has 1 aromatic heterocycles. The van der Waals surface area contributed by atoms with Crippen LogP contribution in [0.1, 0.15) is 6.92 Å². The molecule has 94 valence electrons. The summed E-state index contributed by atoms with van der Waals surface area (Å²) in [6.07, 6.45) is 0. The van der Waals surface area contributed by atoms with Crippen molar-refractivity contribution >= 4 is 5.69 Å². The Kier molecular flexibility index (Phi) is 3.18. The second-order valence-corrected chi connectivity index (χ2v) is 3.45. The molecule has 0 aliphatic rings. The van der Waals surface area contributed by atoms with Gasteiger partial charge in [-0.05, 0) is 24.3 Å². The summed E-state index contributed by atoms with van der Waals surface area (Å²) < 4.78 is 4.92. The minimum Gasteiger partial charge on any atom is -0.490 e. The van der Waals surface area contributed by atoms with Crippen molar-refractivity contribution < 1.29 is 9.66 Å². The molecule has 8 heteroatoms. The van der Waals surface area contributed by atoms with E-state index in [1.165, 1.54) is 24.0 Å². The van der Waals surface area contributed by atoms with Crippen molar-refractivity contribution in [3.63, 3.8) is 0 Å². The van der Waals surface area contributed by atoms with Gasteiger partial charge in [-0.1, -0.05) is 0 Å². The maximum atomic E-state index is 10.9. The van der Waals surface area contributed by atoms with Gasteiger partial charge in [-0.15, -0.1) is 10.2 Å². The van der Waals surface area contributed by atoms with Crippen LogP contribution in [0.3, 0.4) is 0 Å². The molecule has 18 heavy (non-hydrogen) atoms. The minimum atomic E-state index is -0.507. The molecule has 2 rings (SSSR count). The number of nitro groups is 1. The van der Waals surface area contributed by atoms with Gasteiger partial charge >= 0.3 is 5.69 Å². The maximum Gasteiger partial charge on any atom is 0.311 e. The summed E-state index contributed by atoms with van der Waals surface area (Å²) in [5, 5.41) is 22.6. The first kappa shape index (κ1) is 12.0. The SMILES string of the molecule is CCn1nnc(-c2ccc(OC)c([N+](=O)[O-])c2)n1. The van der Waals surface area contributed by atoms with Gasteiger partial charge in [-0.25, -0.2) is 0 Å². The number of ether oxygens (including phenoxy) is 1. The first-order valence-electron chi connectivity index (χ1n) is 5.26. The molecule has 0 saturated heterocycles. The van der Waals surface area contributed by atoms with Gasteiger partial charge in [0.25, 0.3) is 0 Å². The molecule has 1 aromatic carbocycles. The Balaban J connectivity index is 2.46. The van der Waals surface area contributed by atoms with Crippen LogP contribution in [0, 0.1) is 10.1 Å². The second kappa shape index (κ2) is 4.78. The number of tetrazole rings is 1. The molecular weight excluding hydrogens is 238 g/mol. The van der Waals surface area contributed by atoms with Crippen molar-refractivity contribution in [2.24, 2.45) is 0 Å². The molecule has 2 aromatic rings. The smallest absolute Gasteiger partial charge is 0.311 e. The molecule has 8 nitrogen and oxygen atoms in total. The Labute approximate surface area is 102 Å². The van der Waals surface area contributed by atoms with E-state index in [0.29, 0.717) is 17.9 Å². The molecule has 0 N–H and O–H groups in total. The summed E-state index contributed by atoms with van der Waals surface area (Å²) in [5.41, 5.74) is 0.407. The number of aromatic nitrogens is 4. The lowest BCUT2D eigenvalue weighted by Crippen LogP contribution is -1.98. The van der Waals surface area contributed by atoms with E-state index in [1.807, 2.05) is 6.92 Å². The second-order valence-electron chi connectivity index (χ2n) is 3.45. The van der Waals surface area contributed by atoms with Gasteiger partial charge in [-0.3, -0.25) is 10.1 Å². The van der Waals surface area contributed by atoms with E-state index in [2.05, 4.69) is 15.4 Å². The van der Waals surface area contributed by atoms with E-state index in [4.69, 9.17) is 4.74 Å². The summed E-state index contributed by atoms with van der Waals surface area (Å²) in [4.78, 5) is 11.8. The van der Waals surface area contributed by atoms with Crippen LogP contribution in [0.2, 0.25) is 0 Å². The van der Waals surface area contributed by atoms with Crippen LogP contribution >= 0.6 is 0 Å². The quantitative estimate of drug-likeness (QED) is 0.598. The molecule has 1 heterocycles. The number of methoxy groups -OCH3 is 1. The summed E-state index contributed by atoms with van der Waals surface area (Å²) in [6.45, 7) is 2.47. The highest BCUT2D eigenvalue weighted by molar-refractivity contribution is 5.63. The van der Waals surface area contributed by atoms with E-state index >= 15 is 0 Å². The first-order chi connectivity index (χ1) is 8.65. The zero-order valence-electron chi connectivity index (χ0n) is 9.90. The van der Waals surface area contributed by atoms with Crippen molar-refractivity contribution in [3.8, 4) is 17.1 Å². The van der Waals surface area contributed by atoms with Crippen molar-refractivity contribution in [2.75, 3.05) is 7.11 Å². The number of nitro benzene ring substituents is 1. The lowest BCUT2D eigenvalue weighted by Gasteiger charge is -2.02. The highest BCUT2D eigenvalue weighted by Crippen LogP contribution is 2.30. The largest absolute Gasteiger partial charge is 0.490 e. The number of nitrogens with zero attached hydrogens (tertiary/aromatic N) is 5. The average molecular weight is 249 g/mol. The monoisotopic (exact) mass is 249 g/mol. The normalized spacial score (nSPS) is 10.3. The molecule has 0 spiro atoms. The fourth-order valence-electron chi connectivity index (χ4n) is 1.46. The molecule has 0 unspecified atom stereocenters. The molecule has 0 bridgehead atoms. The van der Waals surface area contributed by atoms with Crippen molar-refractivity contribution in [1.29, 1.82) is 0 Å². The van der Waals surface area contributed by atoms with Gasteiger partial charge in [0.1, 0.15) is 0 Å². The zero-order valence-corrected chi connectivity index (χ0v) is 9.90. The molecule has 0 atom stereocenters. The molecule has 0 aliphatic carbocycles. The highest BCUT2D eigenvalue weighted by atomic mass is 16.6. The molecule has 0 fully saturated rings. The third-order valence-corrected chi connectivity index (χ3v) is 2.37. The van der Waals surface area contributed by atoms with E-state index in [1.54, 1.807) is 6.07 Å². The Morgan fingerprint density at radius 3 is 2.83 bits per heavy atom. The van der Waals surface area contributed by atoms with Crippen LogP contribution in [0.4, 0.5) is 5.69 Å². The van der Waals surface area contributed by atoms with Crippen LogP contribution in [0.15, 0.2) is 18.2 Å². The number of rotatable bonds is 4. The van der Waals surface area contributed by atoms with Gasteiger partial charge in [0.05, 0.1) is 18.6 Å². The minimum absolute atomic E-state index is 0.122. The molecule has 0 amide bonds. The lowest BCUT2D eigenvalue weighted by molar-refractivity contribution is -0.385. The summed E-state index contributed by atoms with van der Waals surface area (Å²) in [6, 6.07) is 4.54. The molecular formula is C10H11N5O3. The average Bonchev–Trinajstić information content (AvgIpc) is 2.86. The summed E-state index contributed by atoms with van der Waals surface area (Å²) >= 11 is 0. The maximum absolute atomic E-state index is 10.9. The van der Waals surface area contributed by atoms with Crippen molar-refractivity contribution in [3.05, 3.63) is 28.3 Å². The standard InChI is InChI=1S/C10H11N5O3/c1-3-14-12-10(11-13-14)7-4-5-9(18-2)8(6-7)15(16)17/h4-6H,3H2,1-2H3. The fraction of sp³-hybridized carbons (Fsp3) is 0.300. The topological polar surface area (TPSA) is 96.0 Å². The summed E-state index contributed by atoms with van der Waals surface area (Å²) in [7, 11) is 1.38. The zero-order chi connectivity index (χ0) is 13.1. The van der Waals surface area contributed by atoms with Crippen molar-refractivity contribution in [2.45, 2.75) is 13.5 Å². The number of hydrogen-bond acceptors (Lipinski definition) is 6. The molecule has 0 radical (unpaired) electrons. The number of aryl methyl sites for hydroxylation is 1. The Morgan fingerprint density at radius 1 is 1.50 bits per heavy atom. The third kappa shape index (κ3) is 2.12. The van der Waals surface area contributed by atoms with E-state index in [9.17, 15) is 10.1 Å². The van der Waals surface area contributed by atoms with E-state index in [-0.39, 0.29) is 11.4 Å². The van der Waals surface area contributed by atoms with Crippen LogP contribution in [-0.2, 0) is 6.54 Å². The molecule has 0 aliphatic heterocycles. The molecule has 0 saturated carbocycles. The van der Waals surface area contributed by atoms with Crippen LogP contribution in [0.5, 0.6) is 5.75 Å². The third-order valence-electron chi connectivity index (χ3n) is 2.37. The predicted molar refractivity (Wildman–Crippen MR) is 62.1 cm³/mol. The van der Waals surface area contributed by atoms with Gasteiger partial charge in [0.2, 0.25) is 5.82 Å². The van der Waals surface area contributed by atoms with Crippen LogP contribution in [-0.4, -0.2) is 32.2 Å². The van der Waals surface area contributed by atoms with Gasteiger partial charge in [0, 0.05) is 11.6 Å². The predicted octanol–water partition coefficient (Wildman–Crippen LogP) is 1.28. The van der Waals surface area contributed by atoms with Crippen molar-refractivity contribution in [1.82, 2.24) is 20.2 Å². The fourth-order valence-corrected chi connectivity index (χ4v) is 1.46. The lowest BCUT2D eigenvalue weighted by atomic mass is 10.2. The Morgan fingerprint density at radius 2 is 2.28 bits per heavy atom. The van der Waals surface area contributed by atoms with Gasteiger partial charge < -0.3 is 4.74 Å². The number of benzene rings is 1. The van der Waals surface area contributed by atoms with Crippen LogP contribution in [0.25, 0.3) is 11.4 Å². The Hall–Kier alpha value is -2.51. The van der Waals surface area contributed by atoms with Gasteiger partial charge in [-0.2, -0.15) is 4.80 Å². The summed E-state index contributed by atoms with van der Waals surface area (Å²) in [5.74, 6) is 0.550. The highest BCUT2D eigenvalue weighted by Gasteiger charge is 2.17. The Bertz CT molecular complexity index is 581. The first-order valence-corrected chi connectivity index (χ1v) is 5.26. The van der Waals surface area contributed by atoms with Gasteiger partial charge in [0.15, 0.2) is 5.75 Å². The van der Waals surface area contributed by atoms with E-state index < -0.39 is 4.92 Å². The number of hydrogen-bond donors (Lipinski definition) is 0. The van der Waals surface area contributed by atoms with Crippen LogP contribution < -0.4 is 4.74 Å². The van der Waals surface area contributed by atoms with E-state index in [0.717, 1.165) is 0 Å².